The highest BCUT2D eigenvalue weighted by Gasteiger charge is 2.11. The monoisotopic (exact) mass is 369 g/mol. The lowest BCUT2D eigenvalue weighted by molar-refractivity contribution is 0.775. The highest BCUT2D eigenvalue weighted by Crippen LogP contribution is 2.25. The quantitative estimate of drug-likeness (QED) is 0.440. The summed E-state index contributed by atoms with van der Waals surface area (Å²) in [7, 11) is 1.91. The molecule has 0 atom stereocenters. The molecule has 0 amide bonds. The van der Waals surface area contributed by atoms with E-state index < -0.39 is 0 Å². The first kappa shape index (κ1) is 16.5. The molecule has 5 rings (SSSR count). The number of nitrogens with one attached hydrogen (secondary N) is 3. The van der Waals surface area contributed by atoms with Crippen molar-refractivity contribution in [1.29, 1.82) is 0 Å². The fraction of sp³-hybridized carbons (Fsp3) is 0.0952. The molecule has 0 unspecified atom stereocenters. The molecule has 2 aromatic carbocycles. The van der Waals surface area contributed by atoms with Gasteiger partial charge < -0.3 is 15.6 Å². The van der Waals surface area contributed by atoms with Crippen molar-refractivity contribution >= 4 is 28.3 Å². The number of hydrogen-bond acceptors (Lipinski definition) is 5. The molecular formula is C21H19N7. The third-order valence-corrected chi connectivity index (χ3v) is 4.56. The van der Waals surface area contributed by atoms with Crippen molar-refractivity contribution in [1.82, 2.24) is 29.9 Å². The number of H-pyrrole nitrogens is 1. The number of fused-ring (bicyclic) bond motifs is 2. The summed E-state index contributed by atoms with van der Waals surface area (Å²) in [5, 5.41) is 11.0. The largest absolute Gasteiger partial charge is 0.341 e. The zero-order chi connectivity index (χ0) is 18.9. The number of imidazole rings is 1. The van der Waals surface area contributed by atoms with E-state index in [-0.39, 0.29) is 0 Å². The van der Waals surface area contributed by atoms with E-state index in [0.29, 0.717) is 12.5 Å². The van der Waals surface area contributed by atoms with Gasteiger partial charge in [0.1, 0.15) is 5.82 Å². The van der Waals surface area contributed by atoms with Crippen LogP contribution in [0.25, 0.3) is 27.9 Å². The molecule has 0 fully saturated rings. The van der Waals surface area contributed by atoms with Gasteiger partial charge in [-0.05, 0) is 43.4 Å². The summed E-state index contributed by atoms with van der Waals surface area (Å²) >= 11 is 0. The summed E-state index contributed by atoms with van der Waals surface area (Å²) < 4.78 is 1.85. The number of benzene rings is 2. The van der Waals surface area contributed by atoms with Crippen molar-refractivity contribution in [2.24, 2.45) is 0 Å². The zero-order valence-electron chi connectivity index (χ0n) is 15.3. The van der Waals surface area contributed by atoms with E-state index >= 15 is 0 Å². The molecule has 0 saturated carbocycles. The van der Waals surface area contributed by atoms with Crippen molar-refractivity contribution in [3.63, 3.8) is 0 Å². The predicted octanol–water partition coefficient (Wildman–Crippen LogP) is 3.74. The maximum atomic E-state index is 4.66. The molecule has 5 aromatic rings. The maximum Gasteiger partial charge on any atom is 0.247 e. The average Bonchev–Trinajstić information content (AvgIpc) is 3.31. The first-order chi connectivity index (χ1) is 13.8. The van der Waals surface area contributed by atoms with Crippen molar-refractivity contribution in [3.8, 4) is 11.3 Å². The molecule has 7 heteroatoms. The Hall–Kier alpha value is -3.71. The van der Waals surface area contributed by atoms with E-state index in [4.69, 9.17) is 0 Å². The topological polar surface area (TPSA) is 82.9 Å². The minimum Gasteiger partial charge on any atom is -0.341 e. The number of nitrogens with zero attached hydrogens (tertiary/aromatic N) is 4. The molecule has 7 nitrogen and oxygen atoms in total. The Morgan fingerprint density at radius 3 is 2.71 bits per heavy atom. The van der Waals surface area contributed by atoms with Crippen molar-refractivity contribution in [3.05, 3.63) is 72.6 Å². The zero-order valence-corrected chi connectivity index (χ0v) is 15.3. The Labute approximate surface area is 161 Å². The van der Waals surface area contributed by atoms with E-state index in [1.54, 1.807) is 0 Å². The van der Waals surface area contributed by atoms with Crippen LogP contribution in [-0.4, -0.2) is 31.6 Å². The highest BCUT2D eigenvalue weighted by atomic mass is 15.4. The van der Waals surface area contributed by atoms with Crippen molar-refractivity contribution < 1.29 is 0 Å². The van der Waals surface area contributed by atoms with Gasteiger partial charge in [0.2, 0.25) is 5.95 Å². The summed E-state index contributed by atoms with van der Waals surface area (Å²) in [6, 6.07) is 22.1. The van der Waals surface area contributed by atoms with Gasteiger partial charge in [0.15, 0.2) is 5.65 Å². The molecule has 0 saturated heterocycles. The van der Waals surface area contributed by atoms with Crippen LogP contribution in [0.1, 0.15) is 5.82 Å². The van der Waals surface area contributed by atoms with Crippen LogP contribution >= 0.6 is 0 Å². The Balaban J connectivity index is 1.55. The second-order valence-corrected chi connectivity index (χ2v) is 6.55. The summed E-state index contributed by atoms with van der Waals surface area (Å²) in [5.41, 5.74) is 5.69. The molecule has 0 radical (unpaired) electrons. The summed E-state index contributed by atoms with van der Waals surface area (Å²) in [5.74, 6) is 1.48. The number of hydrogen-bond donors (Lipinski definition) is 3. The van der Waals surface area contributed by atoms with Crippen LogP contribution in [0.3, 0.4) is 0 Å². The van der Waals surface area contributed by atoms with Crippen LogP contribution < -0.4 is 10.6 Å². The van der Waals surface area contributed by atoms with Gasteiger partial charge in [-0.2, -0.15) is 4.98 Å². The van der Waals surface area contributed by atoms with Crippen LogP contribution in [0.2, 0.25) is 0 Å². The van der Waals surface area contributed by atoms with Gasteiger partial charge in [-0.3, -0.25) is 0 Å². The van der Waals surface area contributed by atoms with Crippen LogP contribution in [-0.2, 0) is 6.54 Å². The number of pyridine rings is 1. The molecule has 3 heterocycles. The second kappa shape index (κ2) is 6.79. The minimum atomic E-state index is 0.566. The lowest BCUT2D eigenvalue weighted by atomic mass is 10.1. The lowest BCUT2D eigenvalue weighted by Crippen LogP contribution is -2.06. The second-order valence-electron chi connectivity index (χ2n) is 6.55. The van der Waals surface area contributed by atoms with E-state index in [1.807, 2.05) is 60.1 Å². The molecule has 138 valence electrons. The molecule has 0 aliphatic rings. The lowest BCUT2D eigenvalue weighted by Gasteiger charge is -2.04. The number of rotatable bonds is 5. The average molecular weight is 369 g/mol. The van der Waals surface area contributed by atoms with E-state index in [9.17, 15) is 0 Å². The first-order valence-corrected chi connectivity index (χ1v) is 9.12. The number of aromatic amines is 1. The summed E-state index contributed by atoms with van der Waals surface area (Å²) in [6.07, 6.45) is 0. The smallest absolute Gasteiger partial charge is 0.247 e. The van der Waals surface area contributed by atoms with Gasteiger partial charge in [-0.25, -0.2) is 9.50 Å². The van der Waals surface area contributed by atoms with Gasteiger partial charge in [-0.15, -0.1) is 5.10 Å². The normalized spacial score (nSPS) is 11.3. The third kappa shape index (κ3) is 2.97. The Kier molecular flexibility index (Phi) is 3.99. The molecular weight excluding hydrogens is 350 g/mol. The van der Waals surface area contributed by atoms with E-state index in [2.05, 4.69) is 48.9 Å². The van der Waals surface area contributed by atoms with Crippen molar-refractivity contribution in [2.75, 3.05) is 12.4 Å². The third-order valence-electron chi connectivity index (χ3n) is 4.56. The highest BCUT2D eigenvalue weighted by molar-refractivity contribution is 5.81. The van der Waals surface area contributed by atoms with Crippen LogP contribution in [0, 0.1) is 0 Å². The van der Waals surface area contributed by atoms with Crippen molar-refractivity contribution in [2.45, 2.75) is 6.54 Å². The Morgan fingerprint density at radius 2 is 1.86 bits per heavy atom. The van der Waals surface area contributed by atoms with Gasteiger partial charge >= 0.3 is 0 Å². The minimum absolute atomic E-state index is 0.566. The van der Waals surface area contributed by atoms with Gasteiger partial charge in [0.25, 0.3) is 0 Å². The molecule has 0 aliphatic carbocycles. The van der Waals surface area contributed by atoms with Gasteiger partial charge in [0.05, 0.1) is 23.3 Å². The Bertz CT molecular complexity index is 1250. The fourth-order valence-electron chi connectivity index (χ4n) is 3.30. The number of para-hydroxylation sites is 1. The number of anilines is 2. The standard InChI is InChI=1S/C21H19N7/c1-22-13-19-24-16-11-10-14(12-17(16)25-19)18-8-5-9-20-26-21(27-28(18)20)23-15-6-3-2-4-7-15/h2-12,22H,13H2,1H3,(H,23,27)(H,24,25). The van der Waals surface area contributed by atoms with Crippen LogP contribution in [0.5, 0.6) is 0 Å². The molecule has 28 heavy (non-hydrogen) atoms. The van der Waals surface area contributed by atoms with Crippen LogP contribution in [0.15, 0.2) is 66.7 Å². The maximum absolute atomic E-state index is 4.66. The summed E-state index contributed by atoms with van der Waals surface area (Å²) in [4.78, 5) is 12.6. The Morgan fingerprint density at radius 1 is 0.964 bits per heavy atom. The fourth-order valence-corrected chi connectivity index (χ4v) is 3.30. The SMILES string of the molecule is CNCc1nc2cc(-c3cccc4nc(Nc5ccccc5)nn34)ccc2[nH]1. The molecule has 3 aromatic heterocycles. The van der Waals surface area contributed by atoms with E-state index in [0.717, 1.165) is 39.4 Å². The van der Waals surface area contributed by atoms with Gasteiger partial charge in [-0.1, -0.05) is 30.3 Å². The number of aromatic nitrogens is 5. The molecule has 0 bridgehead atoms. The molecule has 3 N–H and O–H groups in total. The van der Waals surface area contributed by atoms with Gasteiger partial charge in [0, 0.05) is 11.3 Å². The predicted molar refractivity (Wildman–Crippen MR) is 111 cm³/mol. The molecule has 0 spiro atoms. The molecule has 0 aliphatic heterocycles. The first-order valence-electron chi connectivity index (χ1n) is 9.12. The van der Waals surface area contributed by atoms with Crippen LogP contribution in [0.4, 0.5) is 11.6 Å². The van der Waals surface area contributed by atoms with E-state index in [1.165, 1.54) is 0 Å². The summed E-state index contributed by atoms with van der Waals surface area (Å²) in [6.45, 7) is 0.706.